The van der Waals surface area contributed by atoms with Crippen LogP contribution in [0.3, 0.4) is 0 Å². The summed E-state index contributed by atoms with van der Waals surface area (Å²) in [5, 5.41) is 0. The lowest BCUT2D eigenvalue weighted by atomic mass is 9.89. The van der Waals surface area contributed by atoms with Gasteiger partial charge in [-0.2, -0.15) is 0 Å². The molecule has 156 valence electrons. The van der Waals surface area contributed by atoms with Gasteiger partial charge in [0.2, 0.25) is 0 Å². The molecule has 2 aromatic carbocycles. The van der Waals surface area contributed by atoms with Gasteiger partial charge in [-0.15, -0.1) is 0 Å². The van der Waals surface area contributed by atoms with Gasteiger partial charge in [-0.05, 0) is 50.5 Å². The number of ether oxygens (including phenoxy) is 1. The van der Waals surface area contributed by atoms with Crippen LogP contribution in [0.4, 0.5) is 0 Å². The highest BCUT2D eigenvalue weighted by Gasteiger charge is 2.33. The van der Waals surface area contributed by atoms with Gasteiger partial charge in [-0.25, -0.2) is 4.98 Å². The number of aryl methyl sites for hydroxylation is 4. The largest absolute Gasteiger partial charge is 0.378 e. The molecule has 0 saturated carbocycles. The number of imidazole rings is 1. The number of aromatic amines is 1. The molecule has 3 aromatic rings. The molecule has 4 rings (SSSR count). The van der Waals surface area contributed by atoms with Crippen molar-refractivity contribution in [2.24, 2.45) is 0 Å². The highest BCUT2D eigenvalue weighted by atomic mass is 16.5. The number of rotatable bonds is 5. The van der Waals surface area contributed by atoms with E-state index < -0.39 is 0 Å². The number of H-pyrrole nitrogens is 1. The van der Waals surface area contributed by atoms with Gasteiger partial charge < -0.3 is 14.6 Å². The summed E-state index contributed by atoms with van der Waals surface area (Å²) < 4.78 is 5.31. The fourth-order valence-corrected chi connectivity index (χ4v) is 4.22. The van der Waals surface area contributed by atoms with Crippen LogP contribution in [0.2, 0.25) is 0 Å². The van der Waals surface area contributed by atoms with Crippen molar-refractivity contribution in [3.63, 3.8) is 0 Å². The first-order valence-corrected chi connectivity index (χ1v) is 10.4. The van der Waals surface area contributed by atoms with Crippen molar-refractivity contribution >= 4 is 5.91 Å². The Morgan fingerprint density at radius 1 is 1.10 bits per heavy atom. The number of hydrogen-bond donors (Lipinski definition) is 1. The van der Waals surface area contributed by atoms with E-state index in [-0.39, 0.29) is 5.91 Å². The Kier molecular flexibility index (Phi) is 5.48. The monoisotopic (exact) mass is 403 g/mol. The number of carbonyl (C=O) groups excluding carboxylic acids is 1. The lowest BCUT2D eigenvalue weighted by Gasteiger charge is -2.40. The molecule has 1 fully saturated rings. The van der Waals surface area contributed by atoms with Crippen molar-refractivity contribution in [3.8, 4) is 11.3 Å². The summed E-state index contributed by atoms with van der Waals surface area (Å²) in [6.45, 7) is 10.1. The number of likely N-dealkylation sites (tertiary alicyclic amines) is 1. The second kappa shape index (κ2) is 8.07. The van der Waals surface area contributed by atoms with E-state index in [9.17, 15) is 4.79 Å². The van der Waals surface area contributed by atoms with Gasteiger partial charge in [0.1, 0.15) is 5.82 Å². The molecule has 1 aromatic heterocycles. The molecule has 1 aliphatic rings. The minimum Gasteiger partial charge on any atom is -0.378 e. The maximum absolute atomic E-state index is 13.3. The van der Waals surface area contributed by atoms with E-state index in [1.54, 1.807) is 7.11 Å². The fraction of sp³-hybridized carbons (Fsp3) is 0.360. The molecule has 0 aliphatic carbocycles. The van der Waals surface area contributed by atoms with Crippen molar-refractivity contribution in [1.82, 2.24) is 14.9 Å². The van der Waals surface area contributed by atoms with E-state index in [0.717, 1.165) is 52.6 Å². The number of nitrogens with one attached hydrogen (secondary N) is 1. The quantitative estimate of drug-likeness (QED) is 0.672. The van der Waals surface area contributed by atoms with Crippen LogP contribution in [0.5, 0.6) is 0 Å². The Hall–Kier alpha value is -2.92. The minimum absolute atomic E-state index is 0.0987. The molecule has 0 radical (unpaired) electrons. The predicted octanol–water partition coefficient (Wildman–Crippen LogP) is 4.70. The molecule has 1 aliphatic heterocycles. The van der Waals surface area contributed by atoms with E-state index in [2.05, 4.69) is 54.1 Å². The first-order chi connectivity index (χ1) is 14.4. The van der Waals surface area contributed by atoms with Gasteiger partial charge in [0, 0.05) is 37.2 Å². The number of benzene rings is 2. The third kappa shape index (κ3) is 3.77. The highest BCUT2D eigenvalue weighted by Crippen LogP contribution is 2.32. The molecule has 0 unspecified atom stereocenters. The van der Waals surface area contributed by atoms with Gasteiger partial charge in [-0.1, -0.05) is 35.9 Å². The number of hydrogen-bond acceptors (Lipinski definition) is 3. The summed E-state index contributed by atoms with van der Waals surface area (Å²) in [7, 11) is 1.67. The topological polar surface area (TPSA) is 58.2 Å². The molecule has 0 bridgehead atoms. The van der Waals surface area contributed by atoms with Crippen LogP contribution in [-0.4, -0.2) is 41.0 Å². The number of nitrogens with zero attached hydrogens (tertiary/aromatic N) is 2. The van der Waals surface area contributed by atoms with Gasteiger partial charge in [0.25, 0.3) is 5.91 Å². The number of amides is 1. The lowest BCUT2D eigenvalue weighted by Crippen LogP contribution is -2.48. The molecular weight excluding hydrogens is 374 g/mol. The zero-order chi connectivity index (χ0) is 21.4. The van der Waals surface area contributed by atoms with Crippen LogP contribution in [0.15, 0.2) is 36.4 Å². The van der Waals surface area contributed by atoms with Crippen LogP contribution in [0.1, 0.15) is 50.0 Å². The summed E-state index contributed by atoms with van der Waals surface area (Å²) in [5.74, 6) is 1.36. The van der Waals surface area contributed by atoms with Crippen LogP contribution in [0.25, 0.3) is 11.3 Å². The lowest BCUT2D eigenvalue weighted by molar-refractivity contribution is 0.0601. The summed E-state index contributed by atoms with van der Waals surface area (Å²) in [4.78, 5) is 23.1. The van der Waals surface area contributed by atoms with Gasteiger partial charge in [0.05, 0.1) is 18.0 Å². The van der Waals surface area contributed by atoms with E-state index in [4.69, 9.17) is 4.74 Å². The molecule has 5 nitrogen and oxygen atoms in total. The highest BCUT2D eigenvalue weighted by molar-refractivity contribution is 5.97. The van der Waals surface area contributed by atoms with Crippen LogP contribution in [0, 0.1) is 27.7 Å². The number of carbonyl (C=O) groups is 1. The first kappa shape index (κ1) is 20.4. The van der Waals surface area contributed by atoms with Gasteiger partial charge >= 0.3 is 0 Å². The minimum atomic E-state index is 0.0987. The summed E-state index contributed by atoms with van der Waals surface area (Å²) in [5.41, 5.74) is 8.25. The van der Waals surface area contributed by atoms with E-state index in [0.29, 0.717) is 12.5 Å². The average molecular weight is 404 g/mol. The van der Waals surface area contributed by atoms with E-state index in [1.165, 1.54) is 11.1 Å². The molecule has 5 heteroatoms. The van der Waals surface area contributed by atoms with Crippen LogP contribution in [-0.2, 0) is 11.3 Å². The van der Waals surface area contributed by atoms with E-state index >= 15 is 0 Å². The Morgan fingerprint density at radius 2 is 1.80 bits per heavy atom. The van der Waals surface area contributed by atoms with Crippen LogP contribution >= 0.6 is 0 Å². The van der Waals surface area contributed by atoms with Crippen molar-refractivity contribution in [2.45, 2.75) is 40.2 Å². The zero-order valence-corrected chi connectivity index (χ0v) is 18.4. The fourth-order valence-electron chi connectivity index (χ4n) is 4.22. The number of aromatic nitrogens is 2. The Morgan fingerprint density at radius 3 is 2.47 bits per heavy atom. The summed E-state index contributed by atoms with van der Waals surface area (Å²) in [6, 6.07) is 12.7. The van der Waals surface area contributed by atoms with Crippen molar-refractivity contribution < 1.29 is 9.53 Å². The summed E-state index contributed by atoms with van der Waals surface area (Å²) in [6.07, 6.45) is 0. The molecule has 30 heavy (non-hydrogen) atoms. The smallest absolute Gasteiger partial charge is 0.254 e. The third-order valence-corrected chi connectivity index (χ3v) is 5.97. The molecule has 0 atom stereocenters. The molecular formula is C25H29N3O2. The third-order valence-electron chi connectivity index (χ3n) is 5.97. The zero-order valence-electron chi connectivity index (χ0n) is 18.4. The van der Waals surface area contributed by atoms with E-state index in [1.807, 2.05) is 24.8 Å². The normalized spacial score (nSPS) is 14.1. The first-order valence-electron chi connectivity index (χ1n) is 10.4. The molecule has 2 heterocycles. The van der Waals surface area contributed by atoms with Crippen molar-refractivity contribution in [3.05, 3.63) is 75.7 Å². The maximum Gasteiger partial charge on any atom is 0.254 e. The SMILES string of the molecule is COCc1nc(C)[nH]c1-c1cc(C(=O)N2CC(c3ccc(C)cc3)C2)c(C)cc1C. The molecule has 0 spiro atoms. The van der Waals surface area contributed by atoms with Gasteiger partial charge in [0.15, 0.2) is 0 Å². The standard InChI is InChI=1S/C25H29N3O2/c1-15-6-8-19(9-7-15)20-12-28(13-20)25(29)22-11-21(16(2)10-17(22)3)24-23(14-30-5)26-18(4)27-24/h6-11,20H,12-14H2,1-5H3,(H,26,27). The van der Waals surface area contributed by atoms with Crippen molar-refractivity contribution in [2.75, 3.05) is 20.2 Å². The molecule has 1 amide bonds. The maximum atomic E-state index is 13.3. The summed E-state index contributed by atoms with van der Waals surface area (Å²) >= 11 is 0. The second-order valence-electron chi connectivity index (χ2n) is 8.38. The predicted molar refractivity (Wildman–Crippen MR) is 119 cm³/mol. The molecule has 1 N–H and O–H groups in total. The Balaban J connectivity index is 1.58. The average Bonchev–Trinajstić information content (AvgIpc) is 3.02. The van der Waals surface area contributed by atoms with Gasteiger partial charge in [-0.3, -0.25) is 4.79 Å². The van der Waals surface area contributed by atoms with Crippen LogP contribution < -0.4 is 0 Å². The Labute approximate surface area is 178 Å². The second-order valence-corrected chi connectivity index (χ2v) is 8.38. The molecule has 1 saturated heterocycles. The number of methoxy groups -OCH3 is 1. The Bertz CT molecular complexity index is 1080. The van der Waals surface area contributed by atoms with Crippen molar-refractivity contribution in [1.29, 1.82) is 0 Å².